The summed E-state index contributed by atoms with van der Waals surface area (Å²) in [6.45, 7) is 9.73. The van der Waals surface area contributed by atoms with Crippen LogP contribution < -0.4 is 5.30 Å². The van der Waals surface area contributed by atoms with E-state index in [9.17, 15) is 0 Å². The summed E-state index contributed by atoms with van der Waals surface area (Å²) in [7, 11) is -0.104. The summed E-state index contributed by atoms with van der Waals surface area (Å²) in [5.74, 6) is 0. The van der Waals surface area contributed by atoms with Gasteiger partial charge in [-0.2, -0.15) is 0 Å². The molecule has 0 saturated carbocycles. The lowest BCUT2D eigenvalue weighted by atomic mass is 10.2. The van der Waals surface area contributed by atoms with Crippen molar-refractivity contribution >= 4 is 13.2 Å². The molecule has 0 radical (unpaired) electrons. The first-order valence-electron chi connectivity index (χ1n) is 4.81. The average molecular weight is 204 g/mol. The molecule has 0 aliphatic rings. The van der Waals surface area contributed by atoms with Crippen LogP contribution in [0.25, 0.3) is 0 Å². The van der Waals surface area contributed by atoms with Gasteiger partial charge in [-0.15, -0.1) is 13.2 Å². The Labute approximate surface area is 88.1 Å². The minimum atomic E-state index is -0.104. The van der Waals surface area contributed by atoms with Crippen molar-refractivity contribution in [1.82, 2.24) is 0 Å². The van der Waals surface area contributed by atoms with Gasteiger partial charge in [0.05, 0.1) is 0 Å². The summed E-state index contributed by atoms with van der Waals surface area (Å²) in [6, 6.07) is 8.82. The molecule has 0 nitrogen and oxygen atoms in total. The molecule has 0 fully saturated rings. The molecule has 1 rings (SSSR count). The minimum absolute atomic E-state index is 0.104. The molecule has 0 heterocycles. The largest absolute Gasteiger partial charge is 0.103 e. The van der Waals surface area contributed by atoms with E-state index in [0.29, 0.717) is 0 Å². The van der Waals surface area contributed by atoms with Crippen molar-refractivity contribution < 1.29 is 0 Å². The summed E-state index contributed by atoms with van der Waals surface area (Å²) in [5, 5.41) is 1.45. The first-order chi connectivity index (χ1) is 6.77. The van der Waals surface area contributed by atoms with Gasteiger partial charge in [-0.25, -0.2) is 0 Å². The SMILES string of the molecule is C=CCP(CC=C)c1ccc(C)cc1. The Morgan fingerprint density at radius 2 is 1.57 bits per heavy atom. The van der Waals surface area contributed by atoms with Gasteiger partial charge in [0.1, 0.15) is 0 Å². The molecular formula is C13H17P. The average Bonchev–Trinajstić information content (AvgIpc) is 2.19. The molecule has 0 bridgehead atoms. The quantitative estimate of drug-likeness (QED) is 0.509. The molecule has 0 aliphatic heterocycles. The molecule has 1 heteroatoms. The molecule has 14 heavy (non-hydrogen) atoms. The molecular weight excluding hydrogens is 187 g/mol. The normalized spacial score (nSPS) is 10.1. The first-order valence-corrected chi connectivity index (χ1v) is 6.52. The molecule has 0 unspecified atom stereocenters. The highest BCUT2D eigenvalue weighted by atomic mass is 31.1. The van der Waals surface area contributed by atoms with Crippen LogP contribution in [0.5, 0.6) is 0 Å². The van der Waals surface area contributed by atoms with Crippen LogP contribution in [0.1, 0.15) is 5.56 Å². The summed E-state index contributed by atoms with van der Waals surface area (Å²) < 4.78 is 0. The fraction of sp³-hybridized carbons (Fsp3) is 0.231. The van der Waals surface area contributed by atoms with Crippen molar-refractivity contribution in [1.29, 1.82) is 0 Å². The van der Waals surface area contributed by atoms with Crippen molar-refractivity contribution in [3.8, 4) is 0 Å². The molecule has 0 amide bonds. The highest BCUT2D eigenvalue weighted by Gasteiger charge is 2.06. The van der Waals surface area contributed by atoms with Crippen LogP contribution in [0.15, 0.2) is 49.6 Å². The zero-order chi connectivity index (χ0) is 10.4. The maximum absolute atomic E-state index is 3.81. The Morgan fingerprint density at radius 3 is 2.00 bits per heavy atom. The predicted octanol–water partition coefficient (Wildman–Crippen LogP) is 3.47. The third-order valence-corrected chi connectivity index (χ3v) is 4.52. The zero-order valence-corrected chi connectivity index (χ0v) is 9.63. The lowest BCUT2D eigenvalue weighted by molar-refractivity contribution is 1.49. The Morgan fingerprint density at radius 1 is 1.07 bits per heavy atom. The summed E-state index contributed by atoms with van der Waals surface area (Å²) in [5.41, 5.74) is 1.32. The van der Waals surface area contributed by atoms with Crippen LogP contribution in [-0.2, 0) is 0 Å². The highest BCUT2D eigenvalue weighted by molar-refractivity contribution is 7.65. The number of hydrogen-bond donors (Lipinski definition) is 0. The van der Waals surface area contributed by atoms with Crippen molar-refractivity contribution in [2.75, 3.05) is 12.3 Å². The second kappa shape index (κ2) is 5.78. The minimum Gasteiger partial charge on any atom is -0.103 e. The smallest absolute Gasteiger partial charge is 0.0104 e. The van der Waals surface area contributed by atoms with Gasteiger partial charge in [0, 0.05) is 0 Å². The van der Waals surface area contributed by atoms with E-state index in [1.165, 1.54) is 10.9 Å². The van der Waals surface area contributed by atoms with Gasteiger partial charge in [-0.1, -0.05) is 49.9 Å². The highest BCUT2D eigenvalue weighted by Crippen LogP contribution is 2.34. The maximum atomic E-state index is 3.81. The lowest BCUT2D eigenvalue weighted by Gasteiger charge is -2.14. The van der Waals surface area contributed by atoms with Crippen LogP contribution in [0.3, 0.4) is 0 Å². The molecule has 0 atom stereocenters. The second-order valence-corrected chi connectivity index (χ2v) is 5.64. The van der Waals surface area contributed by atoms with Gasteiger partial charge in [0.25, 0.3) is 0 Å². The van der Waals surface area contributed by atoms with Gasteiger partial charge in [0.15, 0.2) is 0 Å². The second-order valence-electron chi connectivity index (χ2n) is 3.32. The van der Waals surface area contributed by atoms with Crippen LogP contribution in [0, 0.1) is 6.92 Å². The van der Waals surface area contributed by atoms with E-state index in [4.69, 9.17) is 0 Å². The third kappa shape index (κ3) is 3.12. The van der Waals surface area contributed by atoms with Gasteiger partial charge >= 0.3 is 0 Å². The van der Waals surface area contributed by atoms with Crippen LogP contribution in [-0.4, -0.2) is 12.3 Å². The number of benzene rings is 1. The van der Waals surface area contributed by atoms with E-state index in [1.54, 1.807) is 0 Å². The maximum Gasteiger partial charge on any atom is -0.0104 e. The number of rotatable bonds is 5. The van der Waals surface area contributed by atoms with Gasteiger partial charge in [0.2, 0.25) is 0 Å². The molecule has 0 saturated heterocycles. The van der Waals surface area contributed by atoms with Crippen molar-refractivity contribution in [2.45, 2.75) is 6.92 Å². The zero-order valence-electron chi connectivity index (χ0n) is 8.74. The molecule has 0 aliphatic carbocycles. The molecule has 0 aromatic heterocycles. The van der Waals surface area contributed by atoms with E-state index in [1.807, 2.05) is 12.2 Å². The standard InChI is InChI=1S/C13H17P/c1-4-10-14(11-5-2)13-8-6-12(3)7-9-13/h4-9H,1-2,10-11H2,3H3. The molecule has 74 valence electrons. The van der Waals surface area contributed by atoms with E-state index in [0.717, 1.165) is 12.3 Å². The van der Waals surface area contributed by atoms with Gasteiger partial charge < -0.3 is 0 Å². The molecule has 1 aromatic rings. The Bertz CT molecular complexity index is 288. The van der Waals surface area contributed by atoms with E-state index in [2.05, 4.69) is 44.3 Å². The van der Waals surface area contributed by atoms with E-state index in [-0.39, 0.29) is 7.92 Å². The summed E-state index contributed by atoms with van der Waals surface area (Å²) in [4.78, 5) is 0. The topological polar surface area (TPSA) is 0 Å². The lowest BCUT2D eigenvalue weighted by Crippen LogP contribution is -2.04. The van der Waals surface area contributed by atoms with Crippen molar-refractivity contribution in [3.05, 3.63) is 55.1 Å². The van der Waals surface area contributed by atoms with Crippen molar-refractivity contribution in [2.24, 2.45) is 0 Å². The Balaban J connectivity index is 2.80. The third-order valence-electron chi connectivity index (χ3n) is 2.10. The Hall–Kier alpha value is -0.870. The number of aryl methyl sites for hydroxylation is 1. The van der Waals surface area contributed by atoms with Crippen LogP contribution >= 0.6 is 7.92 Å². The molecule has 0 N–H and O–H groups in total. The molecule has 1 aromatic carbocycles. The fourth-order valence-electron chi connectivity index (χ4n) is 1.35. The van der Waals surface area contributed by atoms with Crippen molar-refractivity contribution in [3.63, 3.8) is 0 Å². The summed E-state index contributed by atoms with van der Waals surface area (Å²) >= 11 is 0. The summed E-state index contributed by atoms with van der Waals surface area (Å²) in [6.07, 6.45) is 6.19. The monoisotopic (exact) mass is 204 g/mol. The Kier molecular flexibility index (Phi) is 4.62. The fourth-order valence-corrected chi connectivity index (χ4v) is 3.12. The van der Waals surface area contributed by atoms with Gasteiger partial charge in [-0.3, -0.25) is 0 Å². The first kappa shape index (κ1) is 11.2. The van der Waals surface area contributed by atoms with E-state index >= 15 is 0 Å². The number of allylic oxidation sites excluding steroid dienone is 2. The van der Waals surface area contributed by atoms with Crippen LogP contribution in [0.4, 0.5) is 0 Å². The van der Waals surface area contributed by atoms with E-state index < -0.39 is 0 Å². The van der Waals surface area contributed by atoms with Gasteiger partial charge in [-0.05, 0) is 24.6 Å². The number of hydrogen-bond acceptors (Lipinski definition) is 0. The predicted molar refractivity (Wildman–Crippen MR) is 67.9 cm³/mol. The van der Waals surface area contributed by atoms with Crippen LogP contribution in [0.2, 0.25) is 0 Å². The molecule has 0 spiro atoms.